The number of nitrogens with one attached hydrogen (secondary N) is 1. The number of halogens is 1. The minimum Gasteiger partial charge on any atom is -0.461 e. The predicted octanol–water partition coefficient (Wildman–Crippen LogP) is 2.87. The van der Waals surface area contributed by atoms with Gasteiger partial charge in [0.2, 0.25) is 11.2 Å². The van der Waals surface area contributed by atoms with Crippen LogP contribution < -0.4 is 10.1 Å². The molecule has 102 valence electrons. The van der Waals surface area contributed by atoms with Gasteiger partial charge in [0.1, 0.15) is 0 Å². The first-order chi connectivity index (χ1) is 8.55. The van der Waals surface area contributed by atoms with Crippen molar-refractivity contribution in [2.24, 2.45) is 0 Å². The summed E-state index contributed by atoms with van der Waals surface area (Å²) in [6.45, 7) is 5.93. The average Bonchev–Trinajstić information content (AvgIpc) is 2.26. The Kier molecular flexibility index (Phi) is 6.49. The Hall–Kier alpha value is -0.750. The summed E-state index contributed by atoms with van der Waals surface area (Å²) in [5.74, 6) is 1.45. The van der Waals surface area contributed by atoms with Crippen molar-refractivity contribution in [3.63, 3.8) is 0 Å². The smallest absolute Gasteiger partial charge is 0.322 e. The van der Waals surface area contributed by atoms with Crippen LogP contribution in [0.15, 0.2) is 0 Å². The lowest BCUT2D eigenvalue weighted by Crippen LogP contribution is -2.23. The van der Waals surface area contributed by atoms with Crippen LogP contribution in [0.5, 0.6) is 6.01 Å². The molecule has 1 aromatic heterocycles. The number of ether oxygens (including phenoxy) is 1. The molecule has 0 aliphatic heterocycles. The fourth-order valence-electron chi connectivity index (χ4n) is 1.31. The molecule has 1 N–H and O–H groups in total. The van der Waals surface area contributed by atoms with E-state index in [-0.39, 0.29) is 17.4 Å². The lowest BCUT2D eigenvalue weighted by Gasteiger charge is -2.16. The van der Waals surface area contributed by atoms with Gasteiger partial charge >= 0.3 is 6.01 Å². The number of hydrogen-bond donors (Lipinski definition) is 1. The Morgan fingerprint density at radius 3 is 2.61 bits per heavy atom. The normalized spacial score (nSPS) is 12.6. The molecule has 0 aromatic carbocycles. The van der Waals surface area contributed by atoms with Crippen LogP contribution in [0.25, 0.3) is 0 Å². The summed E-state index contributed by atoms with van der Waals surface area (Å²) in [5.41, 5.74) is 0. The molecule has 1 unspecified atom stereocenters. The van der Waals surface area contributed by atoms with Crippen LogP contribution in [0.4, 0.5) is 5.95 Å². The van der Waals surface area contributed by atoms with E-state index in [0.717, 1.165) is 12.2 Å². The second-order valence-electron chi connectivity index (χ2n) is 4.08. The Labute approximate surface area is 117 Å². The third-order valence-electron chi connectivity index (χ3n) is 2.12. The molecule has 1 aromatic rings. The van der Waals surface area contributed by atoms with Gasteiger partial charge in [-0.2, -0.15) is 26.7 Å². The van der Waals surface area contributed by atoms with Gasteiger partial charge in [0.15, 0.2) is 0 Å². The Morgan fingerprint density at radius 1 is 1.33 bits per heavy atom. The molecule has 5 nitrogen and oxygen atoms in total. The van der Waals surface area contributed by atoms with Crippen LogP contribution in [-0.2, 0) is 0 Å². The van der Waals surface area contributed by atoms with Crippen molar-refractivity contribution in [2.45, 2.75) is 39.3 Å². The number of anilines is 1. The SMILES string of the molecule is CCC(CSC)Nc1nc(Cl)nc(OC(C)C)n1. The molecular weight excluding hydrogens is 272 g/mol. The Morgan fingerprint density at radius 2 is 2.06 bits per heavy atom. The van der Waals surface area contributed by atoms with E-state index in [1.807, 2.05) is 13.8 Å². The van der Waals surface area contributed by atoms with Crippen molar-refractivity contribution >= 4 is 29.3 Å². The molecule has 0 aliphatic rings. The van der Waals surface area contributed by atoms with Gasteiger partial charge in [0.05, 0.1) is 6.10 Å². The first-order valence-corrected chi connectivity index (χ1v) is 7.66. The van der Waals surface area contributed by atoms with E-state index in [4.69, 9.17) is 16.3 Å². The van der Waals surface area contributed by atoms with Gasteiger partial charge < -0.3 is 10.1 Å². The molecule has 0 fully saturated rings. The predicted molar refractivity (Wildman–Crippen MR) is 76.7 cm³/mol. The second-order valence-corrected chi connectivity index (χ2v) is 5.33. The molecule has 7 heteroatoms. The van der Waals surface area contributed by atoms with Crippen LogP contribution in [-0.4, -0.2) is 39.1 Å². The molecule has 1 heterocycles. The summed E-state index contributed by atoms with van der Waals surface area (Å²) in [5, 5.41) is 3.38. The molecule has 0 amide bonds. The Bertz CT molecular complexity index is 378. The first kappa shape index (κ1) is 15.3. The van der Waals surface area contributed by atoms with Crippen molar-refractivity contribution in [3.8, 4) is 6.01 Å². The minimum atomic E-state index is 0.00415. The molecule has 18 heavy (non-hydrogen) atoms. The zero-order valence-electron chi connectivity index (χ0n) is 11.1. The van der Waals surface area contributed by atoms with E-state index in [0.29, 0.717) is 12.0 Å². The number of hydrogen-bond acceptors (Lipinski definition) is 6. The van der Waals surface area contributed by atoms with E-state index in [2.05, 4.69) is 33.4 Å². The fraction of sp³-hybridized carbons (Fsp3) is 0.727. The molecule has 0 aliphatic carbocycles. The lowest BCUT2D eigenvalue weighted by atomic mass is 10.3. The largest absolute Gasteiger partial charge is 0.461 e. The highest BCUT2D eigenvalue weighted by molar-refractivity contribution is 7.98. The van der Waals surface area contributed by atoms with Gasteiger partial charge in [-0.25, -0.2) is 0 Å². The number of nitrogens with zero attached hydrogens (tertiary/aromatic N) is 3. The highest BCUT2D eigenvalue weighted by atomic mass is 35.5. The van der Waals surface area contributed by atoms with Gasteiger partial charge in [-0.15, -0.1) is 0 Å². The summed E-state index contributed by atoms with van der Waals surface area (Å²) < 4.78 is 5.42. The molecule has 0 saturated heterocycles. The maximum atomic E-state index is 5.85. The maximum Gasteiger partial charge on any atom is 0.322 e. The molecule has 0 spiro atoms. The van der Waals surface area contributed by atoms with Crippen molar-refractivity contribution in [3.05, 3.63) is 5.28 Å². The average molecular weight is 291 g/mol. The van der Waals surface area contributed by atoms with Gasteiger partial charge in [0, 0.05) is 11.8 Å². The van der Waals surface area contributed by atoms with Gasteiger partial charge in [-0.05, 0) is 38.1 Å². The van der Waals surface area contributed by atoms with E-state index in [1.54, 1.807) is 11.8 Å². The number of thioether (sulfide) groups is 1. The van der Waals surface area contributed by atoms with E-state index >= 15 is 0 Å². The van der Waals surface area contributed by atoms with Gasteiger partial charge in [-0.1, -0.05) is 6.92 Å². The summed E-state index contributed by atoms with van der Waals surface area (Å²) in [7, 11) is 0. The maximum absolute atomic E-state index is 5.85. The standard InChI is InChI=1S/C11H19ClN4OS/c1-5-8(6-18-4)13-10-14-9(12)15-11(16-10)17-7(2)3/h7-8H,5-6H2,1-4H3,(H,13,14,15,16). The topological polar surface area (TPSA) is 59.9 Å². The monoisotopic (exact) mass is 290 g/mol. The second kappa shape index (κ2) is 7.63. The van der Waals surface area contributed by atoms with Crippen LogP contribution in [0.2, 0.25) is 5.28 Å². The highest BCUT2D eigenvalue weighted by Gasteiger charge is 2.11. The van der Waals surface area contributed by atoms with Crippen molar-refractivity contribution in [2.75, 3.05) is 17.3 Å². The molecule has 1 atom stereocenters. The summed E-state index contributed by atoms with van der Waals surface area (Å²) >= 11 is 7.62. The number of aromatic nitrogens is 3. The third kappa shape index (κ3) is 5.27. The van der Waals surface area contributed by atoms with Crippen LogP contribution in [0.1, 0.15) is 27.2 Å². The van der Waals surface area contributed by atoms with E-state index in [9.17, 15) is 0 Å². The van der Waals surface area contributed by atoms with Crippen molar-refractivity contribution in [1.29, 1.82) is 0 Å². The quantitative estimate of drug-likeness (QED) is 0.833. The molecule has 0 saturated carbocycles. The summed E-state index contributed by atoms with van der Waals surface area (Å²) in [6.07, 6.45) is 3.06. The van der Waals surface area contributed by atoms with E-state index < -0.39 is 0 Å². The van der Waals surface area contributed by atoms with Crippen LogP contribution >= 0.6 is 23.4 Å². The third-order valence-corrected chi connectivity index (χ3v) is 3.03. The van der Waals surface area contributed by atoms with Crippen molar-refractivity contribution < 1.29 is 4.74 Å². The highest BCUT2D eigenvalue weighted by Crippen LogP contribution is 2.15. The first-order valence-electron chi connectivity index (χ1n) is 5.88. The van der Waals surface area contributed by atoms with Gasteiger partial charge in [-0.3, -0.25) is 0 Å². The molecule has 0 radical (unpaired) electrons. The fourth-order valence-corrected chi connectivity index (χ4v) is 2.18. The van der Waals surface area contributed by atoms with Crippen molar-refractivity contribution in [1.82, 2.24) is 15.0 Å². The summed E-state index contributed by atoms with van der Waals surface area (Å²) in [6, 6.07) is 0.567. The Balaban J connectivity index is 2.78. The van der Waals surface area contributed by atoms with Crippen LogP contribution in [0, 0.1) is 0 Å². The molecule has 0 bridgehead atoms. The van der Waals surface area contributed by atoms with E-state index in [1.165, 1.54) is 0 Å². The van der Waals surface area contributed by atoms with Crippen LogP contribution in [0.3, 0.4) is 0 Å². The summed E-state index contributed by atoms with van der Waals surface area (Å²) in [4.78, 5) is 12.2. The number of rotatable bonds is 7. The molecular formula is C11H19ClN4OS. The zero-order valence-corrected chi connectivity index (χ0v) is 12.7. The lowest BCUT2D eigenvalue weighted by molar-refractivity contribution is 0.222. The minimum absolute atomic E-state index is 0.00415. The molecule has 1 rings (SSSR count). The zero-order chi connectivity index (χ0) is 13.5. The van der Waals surface area contributed by atoms with Gasteiger partial charge in [0.25, 0.3) is 0 Å².